The molecular formula is C8H17N3O3S2. The van der Waals surface area contributed by atoms with Gasteiger partial charge in [0.25, 0.3) is 0 Å². The van der Waals surface area contributed by atoms with Crippen LogP contribution < -0.4 is 15.8 Å². The van der Waals surface area contributed by atoms with Crippen LogP contribution >= 0.6 is 12.2 Å². The van der Waals surface area contributed by atoms with Crippen LogP contribution in [0.15, 0.2) is 0 Å². The van der Waals surface area contributed by atoms with Crippen LogP contribution in [0.25, 0.3) is 0 Å². The van der Waals surface area contributed by atoms with Crippen molar-refractivity contribution in [3.05, 3.63) is 0 Å². The van der Waals surface area contributed by atoms with Gasteiger partial charge in [-0.3, -0.25) is 4.79 Å². The van der Waals surface area contributed by atoms with Gasteiger partial charge >= 0.3 is 0 Å². The number of amides is 1. The van der Waals surface area contributed by atoms with Gasteiger partial charge in [0.15, 0.2) is 0 Å². The highest BCUT2D eigenvalue weighted by Crippen LogP contribution is 1.97. The Labute approximate surface area is 101 Å². The van der Waals surface area contributed by atoms with Gasteiger partial charge < -0.3 is 11.1 Å². The highest BCUT2D eigenvalue weighted by atomic mass is 32.2. The molecule has 0 aliphatic carbocycles. The fourth-order valence-corrected chi connectivity index (χ4v) is 2.09. The molecule has 4 N–H and O–H groups in total. The van der Waals surface area contributed by atoms with Crippen molar-refractivity contribution in [2.24, 2.45) is 5.73 Å². The maximum Gasteiger partial charge on any atom is 0.235 e. The van der Waals surface area contributed by atoms with Gasteiger partial charge in [-0.25, -0.2) is 13.1 Å². The summed E-state index contributed by atoms with van der Waals surface area (Å²) in [6.45, 7) is 4.62. The molecule has 0 saturated heterocycles. The van der Waals surface area contributed by atoms with Crippen LogP contribution in [0.2, 0.25) is 0 Å². The van der Waals surface area contributed by atoms with E-state index in [0.717, 1.165) is 0 Å². The van der Waals surface area contributed by atoms with Crippen LogP contribution in [-0.2, 0) is 14.8 Å². The third kappa shape index (κ3) is 5.38. The zero-order valence-corrected chi connectivity index (χ0v) is 11.1. The summed E-state index contributed by atoms with van der Waals surface area (Å²) in [6, 6.07) is -0.0370. The number of hydrogen-bond acceptors (Lipinski definition) is 4. The van der Waals surface area contributed by atoms with Gasteiger partial charge in [-0.1, -0.05) is 12.2 Å². The van der Waals surface area contributed by atoms with E-state index >= 15 is 0 Å². The molecule has 0 fully saturated rings. The number of rotatable bonds is 6. The molecule has 0 bridgehead atoms. The lowest BCUT2D eigenvalue weighted by Gasteiger charge is -2.13. The highest BCUT2D eigenvalue weighted by Gasteiger charge is 2.23. The van der Waals surface area contributed by atoms with Gasteiger partial charge in [-0.2, -0.15) is 0 Å². The van der Waals surface area contributed by atoms with Crippen LogP contribution in [-0.4, -0.2) is 37.2 Å². The van der Waals surface area contributed by atoms with Crippen molar-refractivity contribution in [2.75, 3.05) is 6.54 Å². The Balaban J connectivity index is 4.30. The van der Waals surface area contributed by atoms with Gasteiger partial charge in [0.2, 0.25) is 15.9 Å². The quantitative estimate of drug-likeness (QED) is 0.542. The number of thiocarbonyl (C=S) groups is 1. The van der Waals surface area contributed by atoms with E-state index in [-0.39, 0.29) is 17.6 Å². The second-order valence-corrected chi connectivity index (χ2v) is 6.19. The average molecular weight is 267 g/mol. The summed E-state index contributed by atoms with van der Waals surface area (Å²) < 4.78 is 25.1. The molecule has 0 heterocycles. The summed E-state index contributed by atoms with van der Waals surface area (Å²) in [5.74, 6) is -0.395. The lowest BCUT2D eigenvalue weighted by Crippen LogP contribution is -2.45. The molecule has 0 aromatic heterocycles. The second-order valence-electron chi connectivity index (χ2n) is 3.63. The first-order valence-corrected chi connectivity index (χ1v) is 6.69. The first-order valence-electron chi connectivity index (χ1n) is 4.74. The van der Waals surface area contributed by atoms with Crippen LogP contribution in [0.1, 0.15) is 20.8 Å². The lowest BCUT2D eigenvalue weighted by atomic mass is 10.4. The zero-order chi connectivity index (χ0) is 12.9. The highest BCUT2D eigenvalue weighted by molar-refractivity contribution is 7.93. The van der Waals surface area contributed by atoms with E-state index < -0.39 is 21.2 Å². The molecule has 0 aromatic carbocycles. The van der Waals surface area contributed by atoms with Gasteiger partial charge in [-0.15, -0.1) is 0 Å². The molecule has 0 rings (SSSR count). The maximum absolute atomic E-state index is 11.5. The SMILES string of the molecule is CC(C)NC(=O)CNS(=O)(=O)C(C)C(N)=S. The fraction of sp³-hybridized carbons (Fsp3) is 0.750. The first kappa shape index (κ1) is 15.3. The summed E-state index contributed by atoms with van der Waals surface area (Å²) in [5.41, 5.74) is 5.22. The molecule has 0 saturated carbocycles. The van der Waals surface area contributed by atoms with Crippen molar-refractivity contribution in [3.8, 4) is 0 Å². The standard InChI is InChI=1S/C8H17N3O3S2/c1-5(2)11-7(12)4-10-16(13,14)6(3)8(9)15/h5-6,10H,4H2,1-3H3,(H2,9,15)(H,11,12). The van der Waals surface area contributed by atoms with Crippen molar-refractivity contribution >= 4 is 33.1 Å². The molecule has 0 aliphatic heterocycles. The van der Waals surface area contributed by atoms with Gasteiger partial charge in [0, 0.05) is 6.04 Å². The summed E-state index contributed by atoms with van der Waals surface area (Å²) in [6.07, 6.45) is 0. The summed E-state index contributed by atoms with van der Waals surface area (Å²) in [4.78, 5) is 11.1. The number of carbonyl (C=O) groups is 1. The van der Waals surface area contributed by atoms with Crippen LogP contribution in [0.4, 0.5) is 0 Å². The Morgan fingerprint density at radius 3 is 2.25 bits per heavy atom. The third-order valence-corrected chi connectivity index (χ3v) is 3.98. The van der Waals surface area contributed by atoms with Crippen molar-refractivity contribution in [3.63, 3.8) is 0 Å². The van der Waals surface area contributed by atoms with Gasteiger partial charge in [0.1, 0.15) is 5.25 Å². The fourth-order valence-electron chi connectivity index (χ4n) is 0.817. The van der Waals surface area contributed by atoms with Gasteiger partial charge in [0.05, 0.1) is 11.5 Å². The Kier molecular flexibility index (Phi) is 5.84. The average Bonchev–Trinajstić information content (AvgIpc) is 2.12. The minimum absolute atomic E-state index is 0.0370. The Morgan fingerprint density at radius 2 is 1.88 bits per heavy atom. The molecular weight excluding hydrogens is 250 g/mol. The molecule has 0 aliphatic rings. The van der Waals surface area contributed by atoms with Crippen molar-refractivity contribution in [1.82, 2.24) is 10.0 Å². The van der Waals surface area contributed by atoms with Crippen molar-refractivity contribution in [2.45, 2.75) is 32.1 Å². The van der Waals surface area contributed by atoms with E-state index in [1.807, 2.05) is 0 Å². The molecule has 16 heavy (non-hydrogen) atoms. The summed E-state index contributed by atoms with van der Waals surface area (Å²) >= 11 is 4.57. The molecule has 1 atom stereocenters. The Hall–Kier alpha value is -0.730. The second kappa shape index (κ2) is 6.12. The number of hydrogen-bond donors (Lipinski definition) is 3. The van der Waals surface area contributed by atoms with Crippen molar-refractivity contribution in [1.29, 1.82) is 0 Å². The number of sulfonamides is 1. The summed E-state index contributed by atoms with van der Waals surface area (Å²) in [5, 5.41) is 1.56. The first-order chi connectivity index (χ1) is 7.16. The lowest BCUT2D eigenvalue weighted by molar-refractivity contribution is -0.120. The number of nitrogens with one attached hydrogen (secondary N) is 2. The maximum atomic E-state index is 11.5. The molecule has 8 heteroatoms. The van der Waals surface area contributed by atoms with E-state index in [2.05, 4.69) is 22.3 Å². The minimum Gasteiger partial charge on any atom is -0.392 e. The number of nitrogens with two attached hydrogens (primary N) is 1. The summed E-state index contributed by atoms with van der Waals surface area (Å²) in [7, 11) is -3.67. The molecule has 0 radical (unpaired) electrons. The zero-order valence-electron chi connectivity index (χ0n) is 9.48. The minimum atomic E-state index is -3.67. The topological polar surface area (TPSA) is 101 Å². The van der Waals surface area contributed by atoms with Crippen molar-refractivity contribution < 1.29 is 13.2 Å². The van der Waals surface area contributed by atoms with E-state index in [0.29, 0.717) is 0 Å². The van der Waals surface area contributed by atoms with Gasteiger partial charge in [-0.05, 0) is 20.8 Å². The van der Waals surface area contributed by atoms with Crippen LogP contribution in [0.3, 0.4) is 0 Å². The van der Waals surface area contributed by atoms with Crippen LogP contribution in [0.5, 0.6) is 0 Å². The number of carbonyl (C=O) groups excluding carboxylic acids is 1. The predicted octanol–water partition coefficient (Wildman–Crippen LogP) is -0.895. The molecule has 0 spiro atoms. The molecule has 94 valence electrons. The Bertz CT molecular complexity index is 365. The largest absolute Gasteiger partial charge is 0.392 e. The smallest absolute Gasteiger partial charge is 0.235 e. The third-order valence-electron chi connectivity index (χ3n) is 1.75. The van der Waals surface area contributed by atoms with E-state index in [1.165, 1.54) is 6.92 Å². The molecule has 1 unspecified atom stereocenters. The predicted molar refractivity (Wildman–Crippen MR) is 66.4 cm³/mol. The van der Waals surface area contributed by atoms with E-state index in [4.69, 9.17) is 5.73 Å². The normalized spacial score (nSPS) is 13.5. The monoisotopic (exact) mass is 267 g/mol. The molecule has 1 amide bonds. The van der Waals surface area contributed by atoms with E-state index in [1.54, 1.807) is 13.8 Å². The Morgan fingerprint density at radius 1 is 1.38 bits per heavy atom. The molecule has 0 aromatic rings. The van der Waals surface area contributed by atoms with Crippen LogP contribution in [0, 0.1) is 0 Å². The van der Waals surface area contributed by atoms with E-state index in [9.17, 15) is 13.2 Å². The molecule has 6 nitrogen and oxygen atoms in total.